The number of nitrogens with zero attached hydrogens (tertiary/aromatic N) is 3. The number of piperidine rings is 1. The van der Waals surface area contributed by atoms with E-state index in [1.807, 2.05) is 11.8 Å². The summed E-state index contributed by atoms with van der Waals surface area (Å²) in [5.41, 5.74) is 0.0725. The van der Waals surface area contributed by atoms with Crippen LogP contribution in [0.5, 0.6) is 0 Å². The lowest BCUT2D eigenvalue weighted by Crippen LogP contribution is -2.52. The lowest BCUT2D eigenvalue weighted by atomic mass is 9.77. The molecule has 2 amide bonds. The Morgan fingerprint density at radius 2 is 2.08 bits per heavy atom. The van der Waals surface area contributed by atoms with E-state index in [4.69, 9.17) is 4.42 Å². The molecule has 25 heavy (non-hydrogen) atoms. The molecular formula is C19H29N3O3. The van der Waals surface area contributed by atoms with Crippen molar-refractivity contribution in [3.8, 4) is 0 Å². The van der Waals surface area contributed by atoms with Crippen LogP contribution in [0.4, 0.5) is 0 Å². The van der Waals surface area contributed by atoms with Crippen LogP contribution in [0.15, 0.2) is 10.8 Å². The summed E-state index contributed by atoms with van der Waals surface area (Å²) in [6.07, 6.45) is 4.59. The van der Waals surface area contributed by atoms with E-state index in [1.54, 1.807) is 4.90 Å². The van der Waals surface area contributed by atoms with Crippen LogP contribution < -0.4 is 0 Å². The van der Waals surface area contributed by atoms with E-state index in [2.05, 4.69) is 25.8 Å². The molecule has 1 spiro atoms. The second-order valence-electron chi connectivity index (χ2n) is 8.63. The summed E-state index contributed by atoms with van der Waals surface area (Å²) >= 11 is 0. The number of hydrogen-bond acceptors (Lipinski definition) is 4. The molecule has 0 bridgehead atoms. The van der Waals surface area contributed by atoms with Crippen molar-refractivity contribution in [2.45, 2.75) is 53.4 Å². The SMILES string of the molecule is CCc1ocnc1C(=O)N1CCC2(CCCN(CC(C)(C)C)C2=O)C1. The maximum atomic E-state index is 13.2. The Morgan fingerprint density at radius 1 is 1.32 bits per heavy atom. The van der Waals surface area contributed by atoms with E-state index in [9.17, 15) is 9.59 Å². The molecule has 1 aromatic rings. The number of amides is 2. The van der Waals surface area contributed by atoms with Gasteiger partial charge in [-0.15, -0.1) is 0 Å². The number of carbonyl (C=O) groups excluding carboxylic acids is 2. The highest BCUT2D eigenvalue weighted by Gasteiger charge is 2.50. The lowest BCUT2D eigenvalue weighted by Gasteiger charge is -2.41. The van der Waals surface area contributed by atoms with Gasteiger partial charge in [-0.05, 0) is 24.7 Å². The third-order valence-corrected chi connectivity index (χ3v) is 5.30. The lowest BCUT2D eigenvalue weighted by molar-refractivity contribution is -0.146. The van der Waals surface area contributed by atoms with Gasteiger partial charge in [0.25, 0.3) is 5.91 Å². The van der Waals surface area contributed by atoms with Gasteiger partial charge in [-0.3, -0.25) is 9.59 Å². The minimum Gasteiger partial charge on any atom is -0.448 e. The zero-order valence-corrected chi connectivity index (χ0v) is 15.8. The van der Waals surface area contributed by atoms with Gasteiger partial charge in [-0.2, -0.15) is 0 Å². The Kier molecular flexibility index (Phi) is 4.64. The first-order valence-electron chi connectivity index (χ1n) is 9.27. The Balaban J connectivity index is 1.74. The Labute approximate surface area is 149 Å². The second-order valence-corrected chi connectivity index (χ2v) is 8.63. The van der Waals surface area contributed by atoms with Crippen LogP contribution in [-0.4, -0.2) is 52.8 Å². The molecule has 0 radical (unpaired) electrons. The van der Waals surface area contributed by atoms with Gasteiger partial charge >= 0.3 is 0 Å². The summed E-state index contributed by atoms with van der Waals surface area (Å²) < 4.78 is 5.29. The van der Waals surface area contributed by atoms with Crippen molar-refractivity contribution in [2.75, 3.05) is 26.2 Å². The van der Waals surface area contributed by atoms with E-state index in [1.165, 1.54) is 6.39 Å². The first kappa shape index (κ1) is 18.0. The molecule has 6 heteroatoms. The highest BCUT2D eigenvalue weighted by Crippen LogP contribution is 2.41. The molecule has 2 fully saturated rings. The summed E-state index contributed by atoms with van der Waals surface area (Å²) in [5, 5.41) is 0. The molecule has 0 saturated carbocycles. The van der Waals surface area contributed by atoms with Gasteiger partial charge in [-0.25, -0.2) is 4.98 Å². The van der Waals surface area contributed by atoms with Crippen molar-refractivity contribution >= 4 is 11.8 Å². The summed E-state index contributed by atoms with van der Waals surface area (Å²) in [6, 6.07) is 0. The smallest absolute Gasteiger partial charge is 0.276 e. The van der Waals surface area contributed by atoms with Crippen LogP contribution in [0.1, 0.15) is 63.2 Å². The van der Waals surface area contributed by atoms with Gasteiger partial charge in [0.2, 0.25) is 5.91 Å². The first-order chi connectivity index (χ1) is 11.8. The van der Waals surface area contributed by atoms with Gasteiger partial charge in [0.15, 0.2) is 12.1 Å². The standard InChI is InChI=1S/C19H29N3O3/c1-5-14-15(20-13-25-14)16(23)21-10-8-19(12-21)7-6-9-22(17(19)24)11-18(2,3)4/h13H,5-12H2,1-4H3. The average molecular weight is 347 g/mol. The number of rotatable bonds is 3. The summed E-state index contributed by atoms with van der Waals surface area (Å²) in [7, 11) is 0. The monoisotopic (exact) mass is 347 g/mol. The number of carbonyl (C=O) groups is 2. The number of likely N-dealkylation sites (tertiary alicyclic amines) is 2. The van der Waals surface area contributed by atoms with Gasteiger partial charge in [0.1, 0.15) is 5.76 Å². The van der Waals surface area contributed by atoms with Gasteiger partial charge in [-0.1, -0.05) is 27.7 Å². The van der Waals surface area contributed by atoms with Crippen LogP contribution in [0.2, 0.25) is 0 Å². The number of hydrogen-bond donors (Lipinski definition) is 0. The van der Waals surface area contributed by atoms with Crippen LogP contribution in [0, 0.1) is 10.8 Å². The average Bonchev–Trinajstić information content (AvgIpc) is 3.18. The molecule has 3 rings (SSSR count). The Bertz CT molecular complexity index is 661. The van der Waals surface area contributed by atoms with Crippen LogP contribution in [0.3, 0.4) is 0 Å². The van der Waals surface area contributed by atoms with Crippen molar-refractivity contribution < 1.29 is 14.0 Å². The van der Waals surface area contributed by atoms with Gasteiger partial charge < -0.3 is 14.2 Å². The maximum absolute atomic E-state index is 13.2. The van der Waals surface area contributed by atoms with E-state index < -0.39 is 5.41 Å². The molecule has 0 aliphatic carbocycles. The molecular weight excluding hydrogens is 318 g/mol. The van der Waals surface area contributed by atoms with Gasteiger partial charge in [0, 0.05) is 32.6 Å². The molecule has 138 valence electrons. The predicted octanol–water partition coefficient (Wildman–Crippen LogP) is 2.74. The van der Waals surface area contributed by atoms with Crippen LogP contribution in [-0.2, 0) is 11.2 Å². The highest BCUT2D eigenvalue weighted by atomic mass is 16.3. The Hall–Kier alpha value is -1.85. The zero-order chi connectivity index (χ0) is 18.2. The summed E-state index contributed by atoms with van der Waals surface area (Å²) in [4.78, 5) is 33.9. The molecule has 2 saturated heterocycles. The third-order valence-electron chi connectivity index (χ3n) is 5.30. The summed E-state index contributed by atoms with van der Waals surface area (Å²) in [5.74, 6) is 0.735. The maximum Gasteiger partial charge on any atom is 0.276 e. The topological polar surface area (TPSA) is 66.7 Å². The summed E-state index contributed by atoms with van der Waals surface area (Å²) in [6.45, 7) is 11.1. The largest absolute Gasteiger partial charge is 0.448 e. The fourth-order valence-electron chi connectivity index (χ4n) is 4.15. The predicted molar refractivity (Wildman–Crippen MR) is 94.1 cm³/mol. The van der Waals surface area contributed by atoms with E-state index in [-0.39, 0.29) is 17.2 Å². The van der Waals surface area contributed by atoms with E-state index in [0.29, 0.717) is 31.0 Å². The van der Waals surface area contributed by atoms with Crippen molar-refractivity contribution in [1.29, 1.82) is 0 Å². The molecule has 0 N–H and O–H groups in total. The second kappa shape index (κ2) is 6.46. The number of aromatic nitrogens is 1. The molecule has 0 aromatic carbocycles. The van der Waals surface area contributed by atoms with Crippen LogP contribution >= 0.6 is 0 Å². The molecule has 1 atom stereocenters. The highest BCUT2D eigenvalue weighted by molar-refractivity contribution is 5.94. The normalized spacial score (nSPS) is 24.4. The quantitative estimate of drug-likeness (QED) is 0.843. The number of oxazole rings is 1. The molecule has 6 nitrogen and oxygen atoms in total. The van der Waals surface area contributed by atoms with Crippen molar-refractivity contribution in [3.63, 3.8) is 0 Å². The molecule has 1 unspecified atom stereocenters. The Morgan fingerprint density at radius 3 is 2.76 bits per heavy atom. The first-order valence-corrected chi connectivity index (χ1v) is 9.27. The molecule has 1 aromatic heterocycles. The molecule has 3 heterocycles. The molecule has 2 aliphatic rings. The van der Waals surface area contributed by atoms with Crippen molar-refractivity contribution in [2.24, 2.45) is 10.8 Å². The number of aryl methyl sites for hydroxylation is 1. The van der Waals surface area contributed by atoms with Crippen molar-refractivity contribution in [1.82, 2.24) is 14.8 Å². The van der Waals surface area contributed by atoms with E-state index >= 15 is 0 Å². The van der Waals surface area contributed by atoms with Gasteiger partial charge in [0.05, 0.1) is 5.41 Å². The fraction of sp³-hybridized carbons (Fsp3) is 0.737. The van der Waals surface area contributed by atoms with Crippen LogP contribution in [0.25, 0.3) is 0 Å². The fourth-order valence-corrected chi connectivity index (χ4v) is 4.15. The minimum atomic E-state index is -0.407. The van der Waals surface area contributed by atoms with E-state index in [0.717, 1.165) is 32.4 Å². The zero-order valence-electron chi connectivity index (χ0n) is 15.8. The third kappa shape index (κ3) is 3.44. The minimum absolute atomic E-state index is 0.0824. The molecule has 2 aliphatic heterocycles. The van der Waals surface area contributed by atoms with Crippen molar-refractivity contribution in [3.05, 3.63) is 17.8 Å².